The lowest BCUT2D eigenvalue weighted by Crippen LogP contribution is -2.09. The maximum absolute atomic E-state index is 14.5. The molecule has 5 aromatic heterocycles. The number of aromatic amines is 2. The fraction of sp³-hybridized carbons (Fsp3) is 0.111. The molecule has 1 aromatic carbocycles. The highest BCUT2D eigenvalue weighted by Crippen LogP contribution is 2.35. The van der Waals surface area contributed by atoms with Gasteiger partial charge in [0.1, 0.15) is 17.2 Å². The zero-order valence-corrected chi connectivity index (χ0v) is 19.2. The minimum Gasteiger partial charge on any atom is -0.382 e. The van der Waals surface area contributed by atoms with Crippen molar-refractivity contribution in [3.05, 3.63) is 79.1 Å². The average molecular weight is 464 g/mol. The molecule has 0 radical (unpaired) electrons. The van der Waals surface area contributed by atoms with E-state index in [1.165, 1.54) is 6.07 Å². The van der Waals surface area contributed by atoms with Gasteiger partial charge in [-0.1, -0.05) is 18.2 Å². The first-order chi connectivity index (χ1) is 17.1. The first-order valence-electron chi connectivity index (χ1n) is 11.4. The van der Waals surface area contributed by atoms with Gasteiger partial charge in [0.15, 0.2) is 0 Å². The standard InChI is InChI=1S/C27H22FN7/c1-15(2)32-17-9-16(12-29-13-17)23-11-21-25(14-31-23)34-35-26(21)24-10-20-18(7-8-30-27(20)33-24)19-5-3-4-6-22(19)28/h3-15,32H,1-2H3,(H,30,33)(H,34,35). The number of rotatable bonds is 5. The van der Waals surface area contributed by atoms with E-state index in [-0.39, 0.29) is 5.82 Å². The largest absolute Gasteiger partial charge is 0.382 e. The van der Waals surface area contributed by atoms with Gasteiger partial charge in [0.05, 0.1) is 28.8 Å². The molecule has 6 aromatic rings. The number of aromatic nitrogens is 6. The minimum absolute atomic E-state index is 0.272. The minimum atomic E-state index is -0.272. The third-order valence-corrected chi connectivity index (χ3v) is 5.89. The van der Waals surface area contributed by atoms with Crippen LogP contribution in [0.4, 0.5) is 10.1 Å². The predicted molar refractivity (Wildman–Crippen MR) is 136 cm³/mol. The molecular formula is C27H22FN7. The molecule has 0 saturated heterocycles. The van der Waals surface area contributed by atoms with Crippen molar-refractivity contribution in [3.63, 3.8) is 0 Å². The van der Waals surface area contributed by atoms with Crippen LogP contribution < -0.4 is 5.32 Å². The van der Waals surface area contributed by atoms with E-state index in [0.717, 1.165) is 50.2 Å². The number of hydrogen-bond acceptors (Lipinski definition) is 5. The smallest absolute Gasteiger partial charge is 0.138 e. The Balaban J connectivity index is 1.46. The van der Waals surface area contributed by atoms with E-state index < -0.39 is 0 Å². The summed E-state index contributed by atoms with van der Waals surface area (Å²) in [5.41, 5.74) is 6.96. The van der Waals surface area contributed by atoms with Gasteiger partial charge >= 0.3 is 0 Å². The lowest BCUT2D eigenvalue weighted by molar-refractivity contribution is 0.631. The van der Waals surface area contributed by atoms with E-state index in [4.69, 9.17) is 0 Å². The maximum atomic E-state index is 14.5. The summed E-state index contributed by atoms with van der Waals surface area (Å²) in [7, 11) is 0. The third-order valence-electron chi connectivity index (χ3n) is 5.89. The summed E-state index contributed by atoms with van der Waals surface area (Å²) in [6.07, 6.45) is 7.05. The van der Waals surface area contributed by atoms with Gasteiger partial charge in [-0.3, -0.25) is 15.1 Å². The molecule has 7 nitrogen and oxygen atoms in total. The second-order valence-corrected chi connectivity index (χ2v) is 8.73. The number of nitrogens with one attached hydrogen (secondary N) is 3. The Morgan fingerprint density at radius 1 is 0.914 bits per heavy atom. The Labute approximate surface area is 200 Å². The molecule has 0 unspecified atom stereocenters. The number of hydrogen-bond donors (Lipinski definition) is 3. The molecule has 172 valence electrons. The van der Waals surface area contributed by atoms with Crippen LogP contribution in [-0.2, 0) is 0 Å². The normalized spacial score (nSPS) is 11.5. The van der Waals surface area contributed by atoms with Crippen molar-refractivity contribution in [3.8, 4) is 33.8 Å². The molecule has 0 spiro atoms. The molecule has 8 heteroatoms. The van der Waals surface area contributed by atoms with E-state index in [9.17, 15) is 4.39 Å². The number of anilines is 1. The summed E-state index contributed by atoms with van der Waals surface area (Å²) in [5.74, 6) is -0.272. The van der Waals surface area contributed by atoms with Crippen LogP contribution in [0.2, 0.25) is 0 Å². The number of fused-ring (bicyclic) bond motifs is 2. The Hall–Kier alpha value is -4.59. The van der Waals surface area contributed by atoms with Crippen molar-refractivity contribution in [1.29, 1.82) is 0 Å². The highest BCUT2D eigenvalue weighted by molar-refractivity contribution is 6.00. The SMILES string of the molecule is CC(C)Nc1cncc(-c2cc3c(-c4cc5c(-c6ccccc6F)ccnc5[nH]4)n[nH]c3cn2)c1. The number of nitrogens with zero attached hydrogens (tertiary/aromatic N) is 4. The van der Waals surface area contributed by atoms with Crippen LogP contribution in [0, 0.1) is 5.82 Å². The summed E-state index contributed by atoms with van der Waals surface area (Å²) in [6, 6.07) is 14.9. The average Bonchev–Trinajstić information content (AvgIpc) is 3.47. The molecule has 35 heavy (non-hydrogen) atoms. The van der Waals surface area contributed by atoms with Crippen molar-refractivity contribution < 1.29 is 4.39 Å². The maximum Gasteiger partial charge on any atom is 0.138 e. The zero-order chi connectivity index (χ0) is 23.9. The highest BCUT2D eigenvalue weighted by atomic mass is 19.1. The number of pyridine rings is 3. The van der Waals surface area contributed by atoms with Crippen molar-refractivity contribution in [1.82, 2.24) is 30.1 Å². The summed E-state index contributed by atoms with van der Waals surface area (Å²) >= 11 is 0. The van der Waals surface area contributed by atoms with Gasteiger partial charge in [-0.05, 0) is 49.7 Å². The number of H-pyrrole nitrogens is 2. The lowest BCUT2D eigenvalue weighted by Gasteiger charge is -2.10. The van der Waals surface area contributed by atoms with Gasteiger partial charge in [0, 0.05) is 46.5 Å². The van der Waals surface area contributed by atoms with Gasteiger partial charge in [-0.2, -0.15) is 5.10 Å². The summed E-state index contributed by atoms with van der Waals surface area (Å²) in [4.78, 5) is 16.8. The monoisotopic (exact) mass is 463 g/mol. The third kappa shape index (κ3) is 3.78. The molecule has 3 N–H and O–H groups in total. The molecule has 0 aliphatic carbocycles. The fourth-order valence-corrected chi connectivity index (χ4v) is 4.34. The summed E-state index contributed by atoms with van der Waals surface area (Å²) in [5, 5.41) is 12.7. The molecule has 0 aliphatic heterocycles. The van der Waals surface area contributed by atoms with Gasteiger partial charge in [-0.15, -0.1) is 0 Å². The van der Waals surface area contributed by atoms with E-state index in [1.54, 1.807) is 36.9 Å². The van der Waals surface area contributed by atoms with Crippen LogP contribution in [0.5, 0.6) is 0 Å². The molecule has 0 saturated carbocycles. The van der Waals surface area contributed by atoms with Crippen molar-refractivity contribution in [2.24, 2.45) is 0 Å². The molecule has 6 rings (SSSR count). The van der Waals surface area contributed by atoms with E-state index >= 15 is 0 Å². The molecular weight excluding hydrogens is 441 g/mol. The van der Waals surface area contributed by atoms with Gasteiger partial charge in [0.2, 0.25) is 0 Å². The fourth-order valence-electron chi connectivity index (χ4n) is 4.34. The first kappa shape index (κ1) is 21.0. The number of benzene rings is 1. The second kappa shape index (κ2) is 8.32. The van der Waals surface area contributed by atoms with Crippen LogP contribution in [0.1, 0.15) is 13.8 Å². The van der Waals surface area contributed by atoms with Crippen LogP contribution in [0.25, 0.3) is 55.7 Å². The highest BCUT2D eigenvalue weighted by Gasteiger charge is 2.16. The summed E-state index contributed by atoms with van der Waals surface area (Å²) in [6.45, 7) is 4.17. The number of halogens is 1. The van der Waals surface area contributed by atoms with Crippen molar-refractivity contribution in [2.45, 2.75) is 19.9 Å². The van der Waals surface area contributed by atoms with Crippen LogP contribution in [-0.4, -0.2) is 36.2 Å². The Morgan fingerprint density at radius 2 is 1.80 bits per heavy atom. The van der Waals surface area contributed by atoms with E-state index in [1.807, 2.05) is 30.3 Å². The van der Waals surface area contributed by atoms with Gasteiger partial charge < -0.3 is 10.3 Å². The van der Waals surface area contributed by atoms with Gasteiger partial charge in [0.25, 0.3) is 0 Å². The summed E-state index contributed by atoms with van der Waals surface area (Å²) < 4.78 is 14.5. The molecule has 0 atom stereocenters. The molecule has 0 fully saturated rings. The van der Waals surface area contributed by atoms with E-state index in [2.05, 4.69) is 49.3 Å². The van der Waals surface area contributed by atoms with Gasteiger partial charge in [-0.25, -0.2) is 9.37 Å². The van der Waals surface area contributed by atoms with Crippen LogP contribution in [0.3, 0.4) is 0 Å². The first-order valence-corrected chi connectivity index (χ1v) is 11.4. The van der Waals surface area contributed by atoms with Crippen LogP contribution in [0.15, 0.2) is 73.3 Å². The zero-order valence-electron chi connectivity index (χ0n) is 19.2. The van der Waals surface area contributed by atoms with Crippen molar-refractivity contribution >= 4 is 27.6 Å². The molecule has 5 heterocycles. The van der Waals surface area contributed by atoms with Crippen molar-refractivity contribution in [2.75, 3.05) is 5.32 Å². The quantitative estimate of drug-likeness (QED) is 0.283. The Bertz CT molecular complexity index is 1680. The predicted octanol–water partition coefficient (Wildman–Crippen LogP) is 6.19. The van der Waals surface area contributed by atoms with E-state index in [0.29, 0.717) is 17.3 Å². The molecule has 0 aliphatic rings. The molecule has 0 bridgehead atoms. The topological polar surface area (TPSA) is 95.2 Å². The second-order valence-electron chi connectivity index (χ2n) is 8.73. The Morgan fingerprint density at radius 3 is 2.66 bits per heavy atom. The van der Waals surface area contributed by atoms with Crippen LogP contribution >= 0.6 is 0 Å². The lowest BCUT2D eigenvalue weighted by atomic mass is 10.0. The molecule has 0 amide bonds. The Kier molecular flexibility index (Phi) is 4.99.